The van der Waals surface area contributed by atoms with E-state index in [0.717, 1.165) is 48.6 Å². The monoisotopic (exact) mass is 363 g/mol. The highest BCUT2D eigenvalue weighted by Gasteiger charge is 2.27. The maximum atomic E-state index is 11.9. The van der Waals surface area contributed by atoms with Gasteiger partial charge in [-0.05, 0) is 31.5 Å². The van der Waals surface area contributed by atoms with Gasteiger partial charge in [0.05, 0.1) is 24.1 Å². The van der Waals surface area contributed by atoms with Crippen molar-refractivity contribution in [3.63, 3.8) is 0 Å². The van der Waals surface area contributed by atoms with Gasteiger partial charge in [0, 0.05) is 17.7 Å². The van der Waals surface area contributed by atoms with Crippen molar-refractivity contribution < 1.29 is 9.69 Å². The van der Waals surface area contributed by atoms with Crippen LogP contribution >= 0.6 is 0 Å². The number of quaternary nitrogens is 1. The third-order valence-electron chi connectivity index (χ3n) is 5.54. The van der Waals surface area contributed by atoms with Gasteiger partial charge in [0.25, 0.3) is 0 Å². The first-order valence-corrected chi connectivity index (χ1v) is 9.84. The lowest BCUT2D eigenvalue weighted by atomic mass is 10.1. The normalized spacial score (nSPS) is 17.5. The Labute approximate surface area is 160 Å². The highest BCUT2D eigenvalue weighted by molar-refractivity contribution is 5.93. The van der Waals surface area contributed by atoms with E-state index in [-0.39, 0.29) is 5.91 Å². The van der Waals surface area contributed by atoms with Crippen LogP contribution in [0.2, 0.25) is 0 Å². The molecule has 0 radical (unpaired) electrons. The molecule has 0 saturated heterocycles. The fourth-order valence-corrected chi connectivity index (χ4v) is 3.99. The molecule has 1 aliphatic rings. The molecule has 0 saturated carbocycles. The largest absolute Gasteiger partial charge is 0.326 e. The Bertz CT molecular complexity index is 948. The van der Waals surface area contributed by atoms with E-state index in [2.05, 4.69) is 53.2 Å². The highest BCUT2D eigenvalue weighted by atomic mass is 16.1. The molecular formula is C22H27N4O+. The number of fused-ring (bicyclic) bond motifs is 3. The first kappa shape index (κ1) is 17.7. The molecule has 5 nitrogen and oxygen atoms in total. The molecule has 27 heavy (non-hydrogen) atoms. The summed E-state index contributed by atoms with van der Waals surface area (Å²) in [6.07, 6.45) is 1.40. The molecule has 1 aliphatic heterocycles. The summed E-state index contributed by atoms with van der Waals surface area (Å²) in [4.78, 5) is 18.3. The second-order valence-corrected chi connectivity index (χ2v) is 7.40. The van der Waals surface area contributed by atoms with Gasteiger partial charge in [-0.15, -0.1) is 0 Å². The van der Waals surface area contributed by atoms with Crippen LogP contribution in [0, 0.1) is 0 Å². The smallest absolute Gasteiger partial charge is 0.224 e. The molecule has 2 aromatic carbocycles. The van der Waals surface area contributed by atoms with Gasteiger partial charge in [-0.2, -0.15) is 0 Å². The molecule has 140 valence electrons. The van der Waals surface area contributed by atoms with E-state index in [1.54, 1.807) is 4.90 Å². The Morgan fingerprint density at radius 1 is 1.26 bits per heavy atom. The van der Waals surface area contributed by atoms with Crippen molar-refractivity contribution in [1.29, 1.82) is 0 Å². The fraction of sp³-hybridized carbons (Fsp3) is 0.364. The molecule has 4 rings (SSSR count). The topological polar surface area (TPSA) is 51.4 Å². The van der Waals surface area contributed by atoms with Crippen LogP contribution in [0.4, 0.5) is 5.69 Å². The number of hydrogen-bond acceptors (Lipinski definition) is 2. The van der Waals surface area contributed by atoms with Crippen LogP contribution in [0.1, 0.15) is 44.1 Å². The Hall–Kier alpha value is -2.66. The highest BCUT2D eigenvalue weighted by Crippen LogP contribution is 2.22. The van der Waals surface area contributed by atoms with Crippen molar-refractivity contribution in [1.82, 2.24) is 9.55 Å². The molecule has 2 N–H and O–H groups in total. The summed E-state index contributed by atoms with van der Waals surface area (Å²) in [5.41, 5.74) is 4.33. The van der Waals surface area contributed by atoms with Gasteiger partial charge in [0.1, 0.15) is 12.6 Å². The zero-order valence-corrected chi connectivity index (χ0v) is 16.0. The SMILES string of the molecule is CCCC(=O)Nc1ccc2c(c1)nc1n2CC[NH+]([C@@H](C)c2ccccc2)C1. The number of carbonyl (C=O) groups excluding carboxylic acids is 1. The van der Waals surface area contributed by atoms with Crippen molar-refractivity contribution in [2.45, 2.75) is 45.8 Å². The number of imidazole rings is 1. The van der Waals surface area contributed by atoms with Crippen LogP contribution in [0.15, 0.2) is 48.5 Å². The minimum Gasteiger partial charge on any atom is -0.326 e. The Kier molecular flexibility index (Phi) is 4.94. The second kappa shape index (κ2) is 7.53. The van der Waals surface area contributed by atoms with E-state index in [4.69, 9.17) is 4.98 Å². The summed E-state index contributed by atoms with van der Waals surface area (Å²) in [6.45, 7) is 7.28. The number of nitrogens with zero attached hydrogens (tertiary/aromatic N) is 2. The molecule has 2 heterocycles. The standard InChI is InChI=1S/C22H26N4O/c1-3-7-22(27)23-18-10-11-20-19(14-18)24-21-15-25(12-13-26(20)21)16(2)17-8-5-4-6-9-17/h4-6,8-11,14,16H,3,7,12-13,15H2,1-2H3,(H,23,27)/p+1/t16-/m0/s1. The minimum absolute atomic E-state index is 0.0631. The molecule has 0 bridgehead atoms. The van der Waals surface area contributed by atoms with Gasteiger partial charge in [-0.1, -0.05) is 37.3 Å². The molecule has 0 spiro atoms. The average Bonchev–Trinajstić information content (AvgIpc) is 3.05. The van der Waals surface area contributed by atoms with E-state index in [1.165, 1.54) is 5.56 Å². The predicted octanol–water partition coefficient (Wildman–Crippen LogP) is 2.93. The maximum absolute atomic E-state index is 11.9. The fourth-order valence-electron chi connectivity index (χ4n) is 3.99. The van der Waals surface area contributed by atoms with Crippen molar-refractivity contribution in [2.75, 3.05) is 11.9 Å². The summed E-state index contributed by atoms with van der Waals surface area (Å²) in [6, 6.07) is 17.2. The van der Waals surface area contributed by atoms with Crippen LogP contribution < -0.4 is 10.2 Å². The molecule has 5 heteroatoms. The van der Waals surface area contributed by atoms with Crippen LogP contribution in [0.3, 0.4) is 0 Å². The summed E-state index contributed by atoms with van der Waals surface area (Å²) in [7, 11) is 0. The van der Waals surface area contributed by atoms with Crippen molar-refractivity contribution in [3.8, 4) is 0 Å². The molecule has 1 unspecified atom stereocenters. The number of carbonyl (C=O) groups is 1. The molecule has 0 aliphatic carbocycles. The molecule has 0 fully saturated rings. The van der Waals surface area contributed by atoms with Crippen molar-refractivity contribution >= 4 is 22.6 Å². The maximum Gasteiger partial charge on any atom is 0.224 e. The van der Waals surface area contributed by atoms with E-state index in [0.29, 0.717) is 12.5 Å². The number of hydrogen-bond donors (Lipinski definition) is 2. The number of aromatic nitrogens is 2. The Balaban J connectivity index is 1.56. The van der Waals surface area contributed by atoms with Crippen LogP contribution in [0.25, 0.3) is 11.0 Å². The average molecular weight is 363 g/mol. The number of amides is 1. The van der Waals surface area contributed by atoms with Gasteiger partial charge in [0.2, 0.25) is 5.91 Å². The minimum atomic E-state index is 0.0631. The van der Waals surface area contributed by atoms with Gasteiger partial charge in [-0.3, -0.25) is 4.79 Å². The molecule has 1 aromatic heterocycles. The van der Waals surface area contributed by atoms with Crippen molar-refractivity contribution in [3.05, 3.63) is 59.9 Å². The van der Waals surface area contributed by atoms with Crippen molar-refractivity contribution in [2.24, 2.45) is 0 Å². The zero-order valence-electron chi connectivity index (χ0n) is 16.0. The summed E-state index contributed by atoms with van der Waals surface area (Å²) < 4.78 is 2.33. The lowest BCUT2D eigenvalue weighted by molar-refractivity contribution is -0.947. The predicted molar refractivity (Wildman–Crippen MR) is 108 cm³/mol. The van der Waals surface area contributed by atoms with E-state index in [1.807, 2.05) is 19.1 Å². The summed E-state index contributed by atoms with van der Waals surface area (Å²) in [5.74, 6) is 1.19. The molecular weight excluding hydrogens is 336 g/mol. The second-order valence-electron chi connectivity index (χ2n) is 7.40. The van der Waals surface area contributed by atoms with Crippen LogP contribution in [-0.2, 0) is 17.9 Å². The molecule has 1 amide bonds. The van der Waals surface area contributed by atoms with Gasteiger partial charge in [-0.25, -0.2) is 4.98 Å². The third-order valence-corrected chi connectivity index (χ3v) is 5.54. The third kappa shape index (κ3) is 3.60. The van der Waals surface area contributed by atoms with E-state index in [9.17, 15) is 4.79 Å². The van der Waals surface area contributed by atoms with E-state index < -0.39 is 0 Å². The number of rotatable bonds is 5. The van der Waals surface area contributed by atoms with Gasteiger partial charge in [0.15, 0.2) is 5.82 Å². The molecule has 2 atom stereocenters. The first-order chi connectivity index (χ1) is 13.2. The number of nitrogens with one attached hydrogen (secondary N) is 2. The van der Waals surface area contributed by atoms with E-state index >= 15 is 0 Å². The summed E-state index contributed by atoms with van der Waals surface area (Å²) >= 11 is 0. The van der Waals surface area contributed by atoms with Gasteiger partial charge >= 0.3 is 0 Å². The Morgan fingerprint density at radius 2 is 2.07 bits per heavy atom. The molecule has 3 aromatic rings. The lowest BCUT2D eigenvalue weighted by Gasteiger charge is -2.30. The van der Waals surface area contributed by atoms with Crippen LogP contribution in [0.5, 0.6) is 0 Å². The Morgan fingerprint density at radius 3 is 2.85 bits per heavy atom. The number of benzene rings is 2. The zero-order chi connectivity index (χ0) is 18.8. The van der Waals surface area contributed by atoms with Crippen LogP contribution in [-0.4, -0.2) is 22.0 Å². The number of anilines is 1. The van der Waals surface area contributed by atoms with Gasteiger partial charge < -0.3 is 14.8 Å². The first-order valence-electron chi connectivity index (χ1n) is 9.84. The summed E-state index contributed by atoms with van der Waals surface area (Å²) in [5, 5.41) is 2.97. The quantitative estimate of drug-likeness (QED) is 0.732. The lowest BCUT2D eigenvalue weighted by Crippen LogP contribution is -3.12.